The average Bonchev–Trinajstić information content (AvgIpc) is 3.55. The lowest BCUT2D eigenvalue weighted by Gasteiger charge is -2.11. The maximum Gasteiger partial charge on any atom is 0.252 e. The number of benzene rings is 2. The zero-order valence-corrected chi connectivity index (χ0v) is 17.5. The molecule has 3 aromatic rings. The van der Waals surface area contributed by atoms with Crippen LogP contribution in [0, 0.1) is 0 Å². The summed E-state index contributed by atoms with van der Waals surface area (Å²) in [5, 5.41) is 6.32. The highest BCUT2D eigenvalue weighted by molar-refractivity contribution is 9.10. The topological polar surface area (TPSA) is 80.3 Å². The van der Waals surface area contributed by atoms with E-state index in [4.69, 9.17) is 9.72 Å². The highest BCUT2D eigenvalue weighted by Crippen LogP contribution is 2.28. The fraction of sp³-hybridized carbons (Fsp3) is 0.227. The van der Waals surface area contributed by atoms with Gasteiger partial charge in [-0.3, -0.25) is 9.59 Å². The molecule has 1 heterocycles. The number of amides is 2. The third-order valence-corrected chi connectivity index (χ3v) is 5.25. The van der Waals surface area contributed by atoms with Gasteiger partial charge in [0.25, 0.3) is 5.91 Å². The quantitative estimate of drug-likeness (QED) is 0.596. The SMILES string of the molecule is COc1ccc(-c2cc(C(=O)NCC(=O)NC3CC3)c3cc(Br)ccc3n2)cc1. The number of fused-ring (bicyclic) bond motifs is 1. The number of methoxy groups -OCH3 is 1. The van der Waals surface area contributed by atoms with Crippen LogP contribution in [0.2, 0.25) is 0 Å². The lowest BCUT2D eigenvalue weighted by molar-refractivity contribution is -0.120. The van der Waals surface area contributed by atoms with E-state index in [9.17, 15) is 9.59 Å². The molecule has 1 aromatic heterocycles. The van der Waals surface area contributed by atoms with Gasteiger partial charge < -0.3 is 15.4 Å². The molecule has 0 aliphatic heterocycles. The fourth-order valence-electron chi connectivity index (χ4n) is 3.06. The minimum atomic E-state index is -0.309. The molecule has 1 fully saturated rings. The van der Waals surface area contributed by atoms with Crippen LogP contribution in [-0.4, -0.2) is 36.5 Å². The Bertz CT molecular complexity index is 1080. The summed E-state index contributed by atoms with van der Waals surface area (Å²) in [6.07, 6.45) is 2.02. The Kier molecular flexibility index (Phi) is 5.49. The predicted molar refractivity (Wildman–Crippen MR) is 115 cm³/mol. The standard InChI is InChI=1S/C22H20BrN3O3/c1-29-16-7-2-13(3-8-16)20-11-18(17-10-14(23)4-9-19(17)26-20)22(28)24-12-21(27)25-15-5-6-15/h2-4,7-11,15H,5-6,12H2,1H3,(H,24,28)(H,25,27). The lowest BCUT2D eigenvalue weighted by atomic mass is 10.0. The summed E-state index contributed by atoms with van der Waals surface area (Å²) in [6.45, 7) is -0.0506. The molecule has 2 amide bonds. The number of hydrogen-bond donors (Lipinski definition) is 2. The predicted octanol–water partition coefficient (Wildman–Crippen LogP) is 3.68. The number of carbonyl (C=O) groups excluding carboxylic acids is 2. The number of nitrogens with zero attached hydrogens (tertiary/aromatic N) is 1. The highest BCUT2D eigenvalue weighted by atomic mass is 79.9. The van der Waals surface area contributed by atoms with Gasteiger partial charge in [0.05, 0.1) is 30.4 Å². The first-order valence-corrected chi connectivity index (χ1v) is 10.1. The van der Waals surface area contributed by atoms with E-state index in [1.54, 1.807) is 13.2 Å². The van der Waals surface area contributed by atoms with Gasteiger partial charge in [-0.05, 0) is 61.4 Å². The lowest BCUT2D eigenvalue weighted by Crippen LogP contribution is -2.37. The van der Waals surface area contributed by atoms with Crippen molar-refractivity contribution in [3.05, 3.63) is 58.6 Å². The molecule has 0 spiro atoms. The first kappa shape index (κ1) is 19.4. The molecule has 4 rings (SSSR count). The van der Waals surface area contributed by atoms with E-state index >= 15 is 0 Å². The van der Waals surface area contributed by atoms with Gasteiger partial charge in [0.15, 0.2) is 0 Å². The van der Waals surface area contributed by atoms with Crippen LogP contribution in [0.4, 0.5) is 0 Å². The molecular formula is C22H20BrN3O3. The van der Waals surface area contributed by atoms with Crippen molar-refractivity contribution in [2.24, 2.45) is 0 Å². The maximum atomic E-state index is 12.9. The zero-order chi connectivity index (χ0) is 20.4. The van der Waals surface area contributed by atoms with Gasteiger partial charge in [-0.1, -0.05) is 15.9 Å². The molecule has 2 N–H and O–H groups in total. The Hall–Kier alpha value is -2.93. The number of ether oxygens (including phenoxy) is 1. The number of aromatic nitrogens is 1. The molecule has 1 aliphatic carbocycles. The Morgan fingerprint density at radius 3 is 2.59 bits per heavy atom. The number of nitrogens with one attached hydrogen (secondary N) is 2. The van der Waals surface area contributed by atoms with Crippen molar-refractivity contribution in [2.45, 2.75) is 18.9 Å². The minimum absolute atomic E-state index is 0.0506. The van der Waals surface area contributed by atoms with E-state index in [2.05, 4.69) is 26.6 Å². The molecule has 0 atom stereocenters. The van der Waals surface area contributed by atoms with E-state index in [-0.39, 0.29) is 24.4 Å². The zero-order valence-electron chi connectivity index (χ0n) is 15.9. The molecule has 2 aromatic carbocycles. The summed E-state index contributed by atoms with van der Waals surface area (Å²) in [6, 6.07) is 15.1. The molecule has 0 bridgehead atoms. The van der Waals surface area contributed by atoms with Crippen LogP contribution in [0.15, 0.2) is 53.0 Å². The van der Waals surface area contributed by atoms with E-state index < -0.39 is 0 Å². The number of halogens is 1. The Labute approximate surface area is 176 Å². The summed E-state index contributed by atoms with van der Waals surface area (Å²) in [5.74, 6) is 0.269. The van der Waals surface area contributed by atoms with Crippen molar-refractivity contribution in [1.29, 1.82) is 0 Å². The van der Waals surface area contributed by atoms with Crippen LogP contribution < -0.4 is 15.4 Å². The maximum absolute atomic E-state index is 12.9. The second-order valence-electron chi connectivity index (χ2n) is 6.97. The molecule has 1 aliphatic rings. The summed E-state index contributed by atoms with van der Waals surface area (Å²) in [7, 11) is 1.61. The van der Waals surface area contributed by atoms with Gasteiger partial charge in [0.1, 0.15) is 5.75 Å². The Morgan fingerprint density at radius 2 is 1.90 bits per heavy atom. The average molecular weight is 454 g/mol. The Balaban J connectivity index is 1.66. The third kappa shape index (κ3) is 4.56. The van der Waals surface area contributed by atoms with Crippen molar-refractivity contribution >= 4 is 38.6 Å². The number of rotatable bonds is 6. The van der Waals surface area contributed by atoms with Crippen molar-refractivity contribution < 1.29 is 14.3 Å². The van der Waals surface area contributed by atoms with Crippen LogP contribution in [0.25, 0.3) is 22.2 Å². The van der Waals surface area contributed by atoms with Crippen LogP contribution in [0.5, 0.6) is 5.75 Å². The molecule has 6 nitrogen and oxygen atoms in total. The second-order valence-corrected chi connectivity index (χ2v) is 7.89. The molecule has 0 unspecified atom stereocenters. The van der Waals surface area contributed by atoms with Crippen LogP contribution in [0.1, 0.15) is 23.2 Å². The van der Waals surface area contributed by atoms with Crippen LogP contribution in [0.3, 0.4) is 0 Å². The van der Waals surface area contributed by atoms with Gasteiger partial charge in [-0.15, -0.1) is 0 Å². The van der Waals surface area contributed by atoms with Crippen LogP contribution >= 0.6 is 15.9 Å². The first-order valence-electron chi connectivity index (χ1n) is 9.36. The molecular weight excluding hydrogens is 434 g/mol. The van der Waals surface area contributed by atoms with E-state index in [0.29, 0.717) is 16.8 Å². The van der Waals surface area contributed by atoms with E-state index in [1.165, 1.54) is 0 Å². The molecule has 0 saturated heterocycles. The normalized spacial score (nSPS) is 13.2. The molecule has 148 valence electrons. The van der Waals surface area contributed by atoms with Crippen molar-refractivity contribution in [3.8, 4) is 17.0 Å². The Morgan fingerprint density at radius 1 is 1.14 bits per heavy atom. The summed E-state index contributed by atoms with van der Waals surface area (Å²) in [5.41, 5.74) is 2.72. The molecule has 29 heavy (non-hydrogen) atoms. The number of pyridine rings is 1. The van der Waals surface area contributed by atoms with Gasteiger partial charge in [0, 0.05) is 21.5 Å². The van der Waals surface area contributed by atoms with Crippen molar-refractivity contribution in [1.82, 2.24) is 15.6 Å². The summed E-state index contributed by atoms with van der Waals surface area (Å²) in [4.78, 5) is 29.6. The monoisotopic (exact) mass is 453 g/mol. The molecule has 7 heteroatoms. The van der Waals surface area contributed by atoms with Crippen LogP contribution in [-0.2, 0) is 4.79 Å². The number of hydrogen-bond acceptors (Lipinski definition) is 4. The second kappa shape index (κ2) is 8.21. The largest absolute Gasteiger partial charge is 0.497 e. The number of carbonyl (C=O) groups is 2. The van der Waals surface area contributed by atoms with Gasteiger partial charge in [0.2, 0.25) is 5.91 Å². The fourth-order valence-corrected chi connectivity index (χ4v) is 3.42. The van der Waals surface area contributed by atoms with Gasteiger partial charge in [-0.25, -0.2) is 4.98 Å². The van der Waals surface area contributed by atoms with Gasteiger partial charge >= 0.3 is 0 Å². The third-order valence-electron chi connectivity index (χ3n) is 4.75. The van der Waals surface area contributed by atoms with Gasteiger partial charge in [-0.2, -0.15) is 0 Å². The van der Waals surface area contributed by atoms with E-state index in [0.717, 1.165) is 34.0 Å². The molecule has 1 saturated carbocycles. The first-order chi connectivity index (χ1) is 14.0. The summed E-state index contributed by atoms with van der Waals surface area (Å²) >= 11 is 3.45. The highest BCUT2D eigenvalue weighted by Gasteiger charge is 2.23. The van der Waals surface area contributed by atoms with Crippen molar-refractivity contribution in [2.75, 3.05) is 13.7 Å². The summed E-state index contributed by atoms with van der Waals surface area (Å²) < 4.78 is 6.06. The molecule has 0 radical (unpaired) electrons. The van der Waals surface area contributed by atoms with E-state index in [1.807, 2.05) is 42.5 Å². The van der Waals surface area contributed by atoms with Crippen molar-refractivity contribution in [3.63, 3.8) is 0 Å². The minimum Gasteiger partial charge on any atom is -0.497 e. The smallest absolute Gasteiger partial charge is 0.252 e.